The lowest BCUT2D eigenvalue weighted by molar-refractivity contribution is -0.142. The van der Waals surface area contributed by atoms with E-state index < -0.39 is 12.0 Å². The number of piperazine rings is 1. The van der Waals surface area contributed by atoms with Gasteiger partial charge in [0.1, 0.15) is 11.9 Å². The Hall–Kier alpha value is -1.66. The highest BCUT2D eigenvalue weighted by Gasteiger charge is 2.17. The fourth-order valence-electron chi connectivity index (χ4n) is 2.33. The van der Waals surface area contributed by atoms with E-state index in [9.17, 15) is 9.18 Å². The lowest BCUT2D eigenvalue weighted by Gasteiger charge is -2.29. The maximum absolute atomic E-state index is 14.1. The Morgan fingerprint density at radius 1 is 1.50 bits per heavy atom. The third-order valence-corrected chi connectivity index (χ3v) is 3.43. The van der Waals surface area contributed by atoms with Crippen LogP contribution in [0.3, 0.4) is 0 Å². The second-order valence-electron chi connectivity index (χ2n) is 4.86. The molecule has 2 rings (SSSR count). The molecule has 6 heteroatoms. The minimum absolute atomic E-state index is 0.269. The molecule has 5 nitrogen and oxygen atoms in total. The van der Waals surface area contributed by atoms with Crippen molar-refractivity contribution >= 4 is 11.7 Å². The van der Waals surface area contributed by atoms with Crippen LogP contribution >= 0.6 is 0 Å². The van der Waals surface area contributed by atoms with Gasteiger partial charge in [-0.05, 0) is 24.1 Å². The van der Waals surface area contributed by atoms with Crippen molar-refractivity contribution in [3.8, 4) is 0 Å². The summed E-state index contributed by atoms with van der Waals surface area (Å²) in [7, 11) is 1.29. The molecule has 1 aromatic carbocycles. The minimum atomic E-state index is -0.760. The number of anilines is 1. The van der Waals surface area contributed by atoms with Gasteiger partial charge >= 0.3 is 5.97 Å². The van der Waals surface area contributed by atoms with E-state index in [1.807, 2.05) is 11.0 Å². The van der Waals surface area contributed by atoms with Crippen molar-refractivity contribution in [3.63, 3.8) is 0 Å². The van der Waals surface area contributed by atoms with Crippen molar-refractivity contribution in [2.45, 2.75) is 12.5 Å². The summed E-state index contributed by atoms with van der Waals surface area (Å²) in [6.45, 7) is 3.29. The molecule has 1 atom stereocenters. The monoisotopic (exact) mass is 281 g/mol. The number of carbonyl (C=O) groups is 1. The van der Waals surface area contributed by atoms with Crippen LogP contribution in [0.15, 0.2) is 18.2 Å². The molecule has 0 aliphatic carbocycles. The van der Waals surface area contributed by atoms with Gasteiger partial charge in [0.25, 0.3) is 0 Å². The van der Waals surface area contributed by atoms with Crippen molar-refractivity contribution in [2.75, 3.05) is 38.2 Å². The topological polar surface area (TPSA) is 67.6 Å². The number of carbonyl (C=O) groups excluding carboxylic acids is 1. The van der Waals surface area contributed by atoms with Crippen LogP contribution in [0.2, 0.25) is 0 Å². The van der Waals surface area contributed by atoms with Gasteiger partial charge in [-0.3, -0.25) is 4.79 Å². The van der Waals surface area contributed by atoms with E-state index in [1.54, 1.807) is 6.07 Å². The van der Waals surface area contributed by atoms with Gasteiger partial charge in [0.15, 0.2) is 0 Å². The number of nitrogens with one attached hydrogen (secondary N) is 1. The summed E-state index contributed by atoms with van der Waals surface area (Å²) in [5, 5.41) is 3.23. The molecule has 1 fully saturated rings. The molecule has 1 aliphatic heterocycles. The van der Waals surface area contributed by atoms with Gasteiger partial charge < -0.3 is 20.7 Å². The van der Waals surface area contributed by atoms with Gasteiger partial charge in [-0.1, -0.05) is 6.07 Å². The summed E-state index contributed by atoms with van der Waals surface area (Å²) in [4.78, 5) is 13.3. The van der Waals surface area contributed by atoms with E-state index in [-0.39, 0.29) is 12.2 Å². The predicted octanol–water partition coefficient (Wildman–Crippen LogP) is 0.278. The standard InChI is InChI=1S/C14H20FN3O2/c1-20-14(19)12(16)9-10-2-3-13(11(15)8-10)18-6-4-17-5-7-18/h2-3,8,12,17H,4-7,9,16H2,1H3. The van der Waals surface area contributed by atoms with E-state index in [2.05, 4.69) is 10.1 Å². The van der Waals surface area contributed by atoms with Gasteiger partial charge in [-0.25, -0.2) is 4.39 Å². The van der Waals surface area contributed by atoms with Crippen molar-refractivity contribution < 1.29 is 13.9 Å². The maximum Gasteiger partial charge on any atom is 0.322 e. The Kier molecular flexibility index (Phi) is 4.92. The fraction of sp³-hybridized carbons (Fsp3) is 0.500. The third kappa shape index (κ3) is 3.46. The quantitative estimate of drug-likeness (QED) is 0.776. The number of hydrogen-bond acceptors (Lipinski definition) is 5. The summed E-state index contributed by atoms with van der Waals surface area (Å²) < 4.78 is 18.7. The van der Waals surface area contributed by atoms with E-state index in [0.717, 1.165) is 26.2 Å². The average Bonchev–Trinajstić information content (AvgIpc) is 2.47. The second kappa shape index (κ2) is 6.67. The Bertz CT molecular complexity index is 475. The first-order valence-electron chi connectivity index (χ1n) is 6.69. The normalized spacial score (nSPS) is 16.9. The lowest BCUT2D eigenvalue weighted by Crippen LogP contribution is -2.43. The van der Waals surface area contributed by atoms with Crippen LogP contribution in [-0.2, 0) is 16.0 Å². The predicted molar refractivity (Wildman–Crippen MR) is 75.2 cm³/mol. The highest BCUT2D eigenvalue weighted by molar-refractivity contribution is 5.75. The van der Waals surface area contributed by atoms with Gasteiger partial charge in [0.05, 0.1) is 12.8 Å². The van der Waals surface area contributed by atoms with Crippen LogP contribution in [0, 0.1) is 5.82 Å². The molecule has 1 saturated heterocycles. The average molecular weight is 281 g/mol. The first-order chi connectivity index (χ1) is 9.61. The number of esters is 1. The van der Waals surface area contributed by atoms with Crippen molar-refractivity contribution in [1.82, 2.24) is 5.32 Å². The van der Waals surface area contributed by atoms with Crippen LogP contribution in [-0.4, -0.2) is 45.3 Å². The molecule has 1 unspecified atom stereocenters. The molecule has 0 spiro atoms. The van der Waals surface area contributed by atoms with Crippen molar-refractivity contribution in [3.05, 3.63) is 29.6 Å². The van der Waals surface area contributed by atoms with Gasteiger partial charge in [-0.15, -0.1) is 0 Å². The smallest absolute Gasteiger partial charge is 0.322 e. The number of benzene rings is 1. The molecular formula is C14H20FN3O2. The van der Waals surface area contributed by atoms with E-state index in [0.29, 0.717) is 11.3 Å². The van der Waals surface area contributed by atoms with Gasteiger partial charge in [0, 0.05) is 26.2 Å². The number of ether oxygens (including phenoxy) is 1. The summed E-state index contributed by atoms with van der Waals surface area (Å²) >= 11 is 0. The molecule has 0 amide bonds. The number of hydrogen-bond donors (Lipinski definition) is 2. The molecular weight excluding hydrogens is 261 g/mol. The van der Waals surface area contributed by atoms with E-state index in [1.165, 1.54) is 13.2 Å². The summed E-state index contributed by atoms with van der Waals surface area (Å²) in [5.74, 6) is -0.766. The first-order valence-corrected chi connectivity index (χ1v) is 6.69. The van der Waals surface area contributed by atoms with Crippen LogP contribution in [0.25, 0.3) is 0 Å². The molecule has 0 saturated carbocycles. The Labute approximate surface area is 117 Å². The van der Waals surface area contributed by atoms with Gasteiger partial charge in [-0.2, -0.15) is 0 Å². The molecule has 3 N–H and O–H groups in total. The molecule has 0 bridgehead atoms. The fourth-order valence-corrected chi connectivity index (χ4v) is 2.33. The number of nitrogens with zero attached hydrogens (tertiary/aromatic N) is 1. The first kappa shape index (κ1) is 14.7. The minimum Gasteiger partial charge on any atom is -0.468 e. The Morgan fingerprint density at radius 2 is 2.20 bits per heavy atom. The second-order valence-corrected chi connectivity index (χ2v) is 4.86. The zero-order valence-corrected chi connectivity index (χ0v) is 11.6. The molecule has 110 valence electrons. The number of rotatable bonds is 4. The Morgan fingerprint density at radius 3 is 2.80 bits per heavy atom. The van der Waals surface area contributed by atoms with Crippen LogP contribution in [0.4, 0.5) is 10.1 Å². The summed E-state index contributed by atoms with van der Waals surface area (Å²) in [5.41, 5.74) is 6.97. The third-order valence-electron chi connectivity index (χ3n) is 3.43. The molecule has 0 radical (unpaired) electrons. The molecule has 1 aliphatic rings. The molecule has 1 aromatic rings. The number of methoxy groups -OCH3 is 1. The number of halogens is 1. The number of nitrogens with two attached hydrogens (primary N) is 1. The van der Waals surface area contributed by atoms with Crippen molar-refractivity contribution in [2.24, 2.45) is 5.73 Å². The summed E-state index contributed by atoms with van der Waals surface area (Å²) in [6, 6.07) is 4.24. The molecule has 20 heavy (non-hydrogen) atoms. The maximum atomic E-state index is 14.1. The lowest BCUT2D eigenvalue weighted by atomic mass is 10.1. The van der Waals surface area contributed by atoms with Gasteiger partial charge in [0.2, 0.25) is 0 Å². The van der Waals surface area contributed by atoms with E-state index >= 15 is 0 Å². The molecule has 0 aromatic heterocycles. The van der Waals surface area contributed by atoms with Crippen molar-refractivity contribution in [1.29, 1.82) is 0 Å². The highest BCUT2D eigenvalue weighted by atomic mass is 19.1. The Balaban J connectivity index is 2.07. The largest absolute Gasteiger partial charge is 0.468 e. The van der Waals surface area contributed by atoms with E-state index in [4.69, 9.17) is 5.73 Å². The zero-order valence-electron chi connectivity index (χ0n) is 11.6. The zero-order chi connectivity index (χ0) is 14.5. The SMILES string of the molecule is COC(=O)C(N)Cc1ccc(N2CCNCC2)c(F)c1. The van der Waals surface area contributed by atoms with Crippen LogP contribution in [0.1, 0.15) is 5.56 Å². The summed E-state index contributed by atoms with van der Waals surface area (Å²) in [6.07, 6.45) is 0.269. The highest BCUT2D eigenvalue weighted by Crippen LogP contribution is 2.21. The van der Waals surface area contributed by atoms with Crippen LogP contribution in [0.5, 0.6) is 0 Å². The molecule has 1 heterocycles. The van der Waals surface area contributed by atoms with Crippen LogP contribution < -0.4 is 16.0 Å².